The molecular formula is C12H14BrCl. The summed E-state index contributed by atoms with van der Waals surface area (Å²) >= 11 is 9.47. The Morgan fingerprint density at radius 3 is 2.79 bits per heavy atom. The van der Waals surface area contributed by atoms with E-state index in [2.05, 4.69) is 40.2 Å². The molecule has 1 aromatic rings. The van der Waals surface area contributed by atoms with Gasteiger partial charge in [0, 0.05) is 10.4 Å². The molecule has 1 unspecified atom stereocenters. The zero-order chi connectivity index (χ0) is 9.97. The van der Waals surface area contributed by atoms with Crippen molar-refractivity contribution in [2.45, 2.75) is 19.3 Å². The highest BCUT2D eigenvalue weighted by molar-refractivity contribution is 9.10. The standard InChI is InChI=1S/C12H14BrCl/c13-12-3-1-2-9(7-12)6-11(8-14)10-4-5-10/h1-3,7,10-11H,4-6,8H2. The highest BCUT2D eigenvalue weighted by Gasteiger charge is 2.30. The fraction of sp³-hybridized carbons (Fsp3) is 0.500. The first-order valence-electron chi connectivity index (χ1n) is 5.10. The summed E-state index contributed by atoms with van der Waals surface area (Å²) in [6.07, 6.45) is 3.89. The van der Waals surface area contributed by atoms with Gasteiger partial charge in [0.05, 0.1) is 0 Å². The van der Waals surface area contributed by atoms with Crippen molar-refractivity contribution in [1.82, 2.24) is 0 Å². The van der Waals surface area contributed by atoms with Crippen molar-refractivity contribution in [1.29, 1.82) is 0 Å². The number of hydrogen-bond donors (Lipinski definition) is 0. The lowest BCUT2D eigenvalue weighted by Gasteiger charge is -2.12. The number of alkyl halides is 1. The van der Waals surface area contributed by atoms with E-state index in [4.69, 9.17) is 11.6 Å². The molecule has 2 heteroatoms. The van der Waals surface area contributed by atoms with Gasteiger partial charge >= 0.3 is 0 Å². The van der Waals surface area contributed by atoms with Gasteiger partial charge in [-0.05, 0) is 48.8 Å². The molecule has 1 atom stereocenters. The Morgan fingerprint density at radius 1 is 1.43 bits per heavy atom. The zero-order valence-corrected chi connectivity index (χ0v) is 10.4. The van der Waals surface area contributed by atoms with Gasteiger partial charge in [-0.15, -0.1) is 11.6 Å². The van der Waals surface area contributed by atoms with Crippen molar-refractivity contribution < 1.29 is 0 Å². The third-order valence-electron chi connectivity index (χ3n) is 2.87. The molecule has 1 aliphatic rings. The summed E-state index contributed by atoms with van der Waals surface area (Å²) in [7, 11) is 0. The Labute approximate surface area is 98.8 Å². The van der Waals surface area contributed by atoms with Crippen molar-refractivity contribution >= 4 is 27.5 Å². The van der Waals surface area contributed by atoms with Crippen LogP contribution in [-0.4, -0.2) is 5.88 Å². The first-order chi connectivity index (χ1) is 6.79. The van der Waals surface area contributed by atoms with Crippen LogP contribution in [0.5, 0.6) is 0 Å². The van der Waals surface area contributed by atoms with Crippen LogP contribution in [0.2, 0.25) is 0 Å². The Hall–Kier alpha value is -0.0100. The van der Waals surface area contributed by atoms with Gasteiger partial charge in [0.2, 0.25) is 0 Å². The number of halogens is 2. The van der Waals surface area contributed by atoms with E-state index in [0.717, 1.165) is 18.2 Å². The maximum atomic E-state index is 5.98. The third kappa shape index (κ3) is 2.74. The molecule has 1 aliphatic carbocycles. The molecule has 0 heterocycles. The lowest BCUT2D eigenvalue weighted by molar-refractivity contribution is 0.513. The van der Waals surface area contributed by atoms with Crippen LogP contribution in [0.1, 0.15) is 18.4 Å². The molecule has 0 radical (unpaired) electrons. The van der Waals surface area contributed by atoms with Crippen LogP contribution in [0.25, 0.3) is 0 Å². The second-order valence-electron chi connectivity index (χ2n) is 4.09. The van der Waals surface area contributed by atoms with Crippen LogP contribution in [0.15, 0.2) is 28.7 Å². The largest absolute Gasteiger partial charge is 0.126 e. The summed E-state index contributed by atoms with van der Waals surface area (Å²) in [6, 6.07) is 8.54. The fourth-order valence-electron chi connectivity index (χ4n) is 1.88. The van der Waals surface area contributed by atoms with Gasteiger partial charge in [0.15, 0.2) is 0 Å². The SMILES string of the molecule is ClCC(Cc1cccc(Br)c1)C1CC1. The second-order valence-corrected chi connectivity index (χ2v) is 5.31. The van der Waals surface area contributed by atoms with E-state index in [9.17, 15) is 0 Å². The van der Waals surface area contributed by atoms with Crippen LogP contribution in [0, 0.1) is 11.8 Å². The van der Waals surface area contributed by atoms with Crippen molar-refractivity contribution in [2.24, 2.45) is 11.8 Å². The first kappa shape index (κ1) is 10.5. The molecule has 0 saturated heterocycles. The van der Waals surface area contributed by atoms with Crippen LogP contribution < -0.4 is 0 Å². The monoisotopic (exact) mass is 272 g/mol. The Bertz CT molecular complexity index is 307. The predicted molar refractivity (Wildman–Crippen MR) is 64.8 cm³/mol. The average Bonchev–Trinajstić information content (AvgIpc) is 2.97. The van der Waals surface area contributed by atoms with Crippen LogP contribution in [0.3, 0.4) is 0 Å². The van der Waals surface area contributed by atoms with Crippen molar-refractivity contribution in [3.8, 4) is 0 Å². The van der Waals surface area contributed by atoms with E-state index < -0.39 is 0 Å². The average molecular weight is 274 g/mol. The van der Waals surface area contributed by atoms with E-state index in [1.165, 1.54) is 22.9 Å². The minimum Gasteiger partial charge on any atom is -0.126 e. The van der Waals surface area contributed by atoms with Gasteiger partial charge in [-0.2, -0.15) is 0 Å². The minimum absolute atomic E-state index is 0.686. The lowest BCUT2D eigenvalue weighted by atomic mass is 9.97. The summed E-state index contributed by atoms with van der Waals surface area (Å²) < 4.78 is 1.17. The molecule has 0 aliphatic heterocycles. The van der Waals surface area contributed by atoms with E-state index in [1.807, 2.05) is 0 Å². The predicted octanol–water partition coefficient (Wildman–Crippen LogP) is 4.26. The van der Waals surface area contributed by atoms with Gasteiger partial charge in [0.1, 0.15) is 0 Å². The third-order valence-corrected chi connectivity index (χ3v) is 3.76. The number of benzene rings is 1. The molecule has 0 nitrogen and oxygen atoms in total. The van der Waals surface area contributed by atoms with E-state index in [1.54, 1.807) is 0 Å². The molecule has 0 amide bonds. The maximum absolute atomic E-state index is 5.98. The molecule has 1 fully saturated rings. The lowest BCUT2D eigenvalue weighted by Crippen LogP contribution is -2.08. The summed E-state index contributed by atoms with van der Waals surface area (Å²) in [6.45, 7) is 0. The van der Waals surface area contributed by atoms with Crippen molar-refractivity contribution in [3.05, 3.63) is 34.3 Å². The van der Waals surface area contributed by atoms with Gasteiger partial charge in [0.25, 0.3) is 0 Å². The highest BCUT2D eigenvalue weighted by atomic mass is 79.9. The smallest absolute Gasteiger partial charge is 0.0257 e. The second kappa shape index (κ2) is 4.67. The van der Waals surface area contributed by atoms with Crippen LogP contribution in [0.4, 0.5) is 0 Å². The minimum atomic E-state index is 0.686. The molecule has 76 valence electrons. The van der Waals surface area contributed by atoms with Gasteiger partial charge in [-0.1, -0.05) is 28.1 Å². The van der Waals surface area contributed by atoms with E-state index >= 15 is 0 Å². The summed E-state index contributed by atoms with van der Waals surface area (Å²) in [5.41, 5.74) is 1.40. The van der Waals surface area contributed by atoms with Crippen LogP contribution >= 0.6 is 27.5 Å². The topological polar surface area (TPSA) is 0 Å². The molecule has 14 heavy (non-hydrogen) atoms. The zero-order valence-electron chi connectivity index (χ0n) is 8.05. The Balaban J connectivity index is 2.01. The molecule has 0 N–H and O–H groups in total. The Kier molecular flexibility index (Phi) is 3.51. The summed E-state index contributed by atoms with van der Waals surface area (Å²) in [5.74, 6) is 2.38. The van der Waals surface area contributed by atoms with E-state index in [-0.39, 0.29) is 0 Å². The molecule has 1 aromatic carbocycles. The number of hydrogen-bond acceptors (Lipinski definition) is 0. The molecule has 0 spiro atoms. The molecule has 0 aromatic heterocycles. The molecule has 0 bridgehead atoms. The summed E-state index contributed by atoms with van der Waals surface area (Å²) in [4.78, 5) is 0. The first-order valence-corrected chi connectivity index (χ1v) is 6.43. The molecule has 1 saturated carbocycles. The normalized spacial score (nSPS) is 18.1. The molecular weight excluding hydrogens is 259 g/mol. The highest BCUT2D eigenvalue weighted by Crippen LogP contribution is 2.39. The molecule has 2 rings (SSSR count). The number of rotatable bonds is 4. The van der Waals surface area contributed by atoms with Gasteiger partial charge in [-0.3, -0.25) is 0 Å². The van der Waals surface area contributed by atoms with Gasteiger partial charge < -0.3 is 0 Å². The van der Waals surface area contributed by atoms with Crippen LogP contribution in [-0.2, 0) is 6.42 Å². The van der Waals surface area contributed by atoms with E-state index in [0.29, 0.717) is 5.92 Å². The maximum Gasteiger partial charge on any atom is 0.0257 e. The summed E-state index contributed by atoms with van der Waals surface area (Å²) in [5, 5.41) is 0. The van der Waals surface area contributed by atoms with Crippen molar-refractivity contribution in [3.63, 3.8) is 0 Å². The fourth-order valence-corrected chi connectivity index (χ4v) is 2.69. The Morgan fingerprint density at radius 2 is 2.21 bits per heavy atom. The van der Waals surface area contributed by atoms with Gasteiger partial charge in [-0.25, -0.2) is 0 Å². The quantitative estimate of drug-likeness (QED) is 0.719. The van der Waals surface area contributed by atoms with Crippen molar-refractivity contribution in [2.75, 3.05) is 5.88 Å².